The van der Waals surface area contributed by atoms with Crippen LogP contribution in [0.3, 0.4) is 0 Å². The molecule has 2 amide bonds. The summed E-state index contributed by atoms with van der Waals surface area (Å²) in [4.78, 5) is 30.1. The van der Waals surface area contributed by atoms with Crippen molar-refractivity contribution in [1.29, 1.82) is 0 Å². The number of nitrogens with zero attached hydrogens (tertiary/aromatic N) is 5. The van der Waals surface area contributed by atoms with E-state index in [4.69, 9.17) is 0 Å². The molecule has 1 saturated heterocycles. The second-order valence-corrected chi connectivity index (χ2v) is 10.4. The standard InChI is InChI=1S/C24H33N5O2S/c1-2-10-28(14-17-3-4-17)23(30)19-5-6-21-25-26-22(29(21)15-19)18-7-11-27(12-8-18)24(31)20-9-13-32-16-20/h9,13,16-19H,2-8,10-12,14-15H2,1H3/t19-/m0/s1. The maximum absolute atomic E-state index is 13.3. The van der Waals surface area contributed by atoms with Crippen LogP contribution in [0.4, 0.5) is 0 Å². The van der Waals surface area contributed by atoms with Gasteiger partial charge in [-0.2, -0.15) is 11.3 Å². The van der Waals surface area contributed by atoms with Crippen LogP contribution in [0.1, 0.15) is 73.4 Å². The van der Waals surface area contributed by atoms with Gasteiger partial charge in [-0.25, -0.2) is 0 Å². The Morgan fingerprint density at radius 3 is 2.66 bits per heavy atom. The van der Waals surface area contributed by atoms with Gasteiger partial charge in [-0.3, -0.25) is 9.59 Å². The molecule has 3 aliphatic rings. The molecule has 4 heterocycles. The number of carbonyl (C=O) groups excluding carboxylic acids is 2. The van der Waals surface area contributed by atoms with Crippen LogP contribution in [0.5, 0.6) is 0 Å². The molecule has 7 nitrogen and oxygen atoms in total. The molecule has 0 N–H and O–H groups in total. The van der Waals surface area contributed by atoms with E-state index in [2.05, 4.69) is 26.6 Å². The Morgan fingerprint density at radius 1 is 1.16 bits per heavy atom. The second kappa shape index (κ2) is 9.33. The molecule has 0 unspecified atom stereocenters. The van der Waals surface area contributed by atoms with Gasteiger partial charge < -0.3 is 14.4 Å². The predicted molar refractivity (Wildman–Crippen MR) is 124 cm³/mol. The molecule has 0 spiro atoms. The number of hydrogen-bond donors (Lipinski definition) is 0. The van der Waals surface area contributed by atoms with Crippen LogP contribution in [-0.2, 0) is 17.8 Å². The fourth-order valence-electron chi connectivity index (χ4n) is 5.19. The van der Waals surface area contributed by atoms with E-state index in [0.29, 0.717) is 18.4 Å². The summed E-state index contributed by atoms with van der Waals surface area (Å²) in [7, 11) is 0. The summed E-state index contributed by atoms with van der Waals surface area (Å²) >= 11 is 1.56. The molecule has 0 radical (unpaired) electrons. The van der Waals surface area contributed by atoms with Gasteiger partial charge in [-0.05, 0) is 55.9 Å². The molecule has 1 atom stereocenters. The minimum atomic E-state index is 0.0304. The van der Waals surface area contributed by atoms with Crippen molar-refractivity contribution in [3.05, 3.63) is 34.0 Å². The first-order chi connectivity index (χ1) is 15.6. The zero-order chi connectivity index (χ0) is 22.1. The Balaban J connectivity index is 1.23. The molecule has 2 aromatic rings. The van der Waals surface area contributed by atoms with Crippen molar-refractivity contribution in [2.45, 2.75) is 64.3 Å². The largest absolute Gasteiger partial charge is 0.342 e. The van der Waals surface area contributed by atoms with E-state index in [1.807, 2.05) is 21.7 Å². The maximum atomic E-state index is 13.3. The highest BCUT2D eigenvalue weighted by Gasteiger charge is 2.35. The van der Waals surface area contributed by atoms with Gasteiger partial charge >= 0.3 is 0 Å². The van der Waals surface area contributed by atoms with Gasteiger partial charge in [0.15, 0.2) is 0 Å². The molecular weight excluding hydrogens is 422 g/mol. The number of rotatable bonds is 7. The topological polar surface area (TPSA) is 71.3 Å². The number of fused-ring (bicyclic) bond motifs is 1. The summed E-state index contributed by atoms with van der Waals surface area (Å²) in [6.45, 7) is 6.14. The molecule has 32 heavy (non-hydrogen) atoms. The molecule has 8 heteroatoms. The molecule has 2 aliphatic heterocycles. The van der Waals surface area contributed by atoms with Gasteiger partial charge in [-0.1, -0.05) is 6.92 Å². The van der Waals surface area contributed by atoms with Crippen LogP contribution >= 0.6 is 11.3 Å². The number of hydrogen-bond acceptors (Lipinski definition) is 5. The molecule has 0 bridgehead atoms. The van der Waals surface area contributed by atoms with Crippen molar-refractivity contribution in [3.63, 3.8) is 0 Å². The summed E-state index contributed by atoms with van der Waals surface area (Å²) in [6, 6.07) is 1.90. The lowest BCUT2D eigenvalue weighted by Gasteiger charge is -2.33. The highest BCUT2D eigenvalue weighted by molar-refractivity contribution is 7.08. The first kappa shape index (κ1) is 21.6. The third-order valence-corrected chi connectivity index (χ3v) is 7.90. The van der Waals surface area contributed by atoms with Crippen LogP contribution in [0.25, 0.3) is 0 Å². The van der Waals surface area contributed by atoms with Crippen LogP contribution in [0.2, 0.25) is 0 Å². The van der Waals surface area contributed by atoms with Crippen molar-refractivity contribution in [2.24, 2.45) is 11.8 Å². The van der Waals surface area contributed by atoms with Gasteiger partial charge in [0.1, 0.15) is 11.6 Å². The van der Waals surface area contributed by atoms with E-state index < -0.39 is 0 Å². The number of thiophene rings is 1. The van der Waals surface area contributed by atoms with Crippen molar-refractivity contribution < 1.29 is 9.59 Å². The predicted octanol–water partition coefficient (Wildman–Crippen LogP) is 3.57. The molecule has 1 saturated carbocycles. The Labute approximate surface area is 193 Å². The number of likely N-dealkylation sites (tertiary alicyclic amines) is 1. The third-order valence-electron chi connectivity index (χ3n) is 7.22. The third kappa shape index (κ3) is 4.47. The van der Waals surface area contributed by atoms with Crippen LogP contribution < -0.4 is 0 Å². The molecule has 5 rings (SSSR count). The number of piperidine rings is 1. The SMILES string of the molecule is CCCN(CC1CC1)C(=O)[C@H]1CCc2nnc(C3CCN(C(=O)c4ccsc4)CC3)n2C1. The van der Waals surface area contributed by atoms with E-state index in [1.165, 1.54) is 12.8 Å². The Morgan fingerprint density at radius 2 is 1.97 bits per heavy atom. The van der Waals surface area contributed by atoms with E-state index in [9.17, 15) is 9.59 Å². The monoisotopic (exact) mass is 455 g/mol. The Bertz CT molecular complexity index is 944. The second-order valence-electron chi connectivity index (χ2n) is 9.63. The summed E-state index contributed by atoms with van der Waals surface area (Å²) in [5.41, 5.74) is 0.789. The maximum Gasteiger partial charge on any atom is 0.254 e. The minimum Gasteiger partial charge on any atom is -0.342 e. The summed E-state index contributed by atoms with van der Waals surface area (Å²) in [5.74, 6) is 3.54. The van der Waals surface area contributed by atoms with E-state index in [-0.39, 0.29) is 11.8 Å². The minimum absolute atomic E-state index is 0.0304. The van der Waals surface area contributed by atoms with E-state index >= 15 is 0 Å². The molecular formula is C24H33N5O2S. The highest BCUT2D eigenvalue weighted by Crippen LogP contribution is 2.33. The zero-order valence-corrected chi connectivity index (χ0v) is 19.7. The van der Waals surface area contributed by atoms with Crippen molar-refractivity contribution >= 4 is 23.2 Å². The average Bonchev–Trinajstić information content (AvgIpc) is 3.30. The van der Waals surface area contributed by atoms with Crippen molar-refractivity contribution in [2.75, 3.05) is 26.2 Å². The van der Waals surface area contributed by atoms with Gasteiger partial charge in [-0.15, -0.1) is 10.2 Å². The first-order valence-electron chi connectivity index (χ1n) is 12.2. The van der Waals surface area contributed by atoms with E-state index in [1.54, 1.807) is 11.3 Å². The molecule has 1 aliphatic carbocycles. The zero-order valence-electron chi connectivity index (χ0n) is 18.9. The summed E-state index contributed by atoms with van der Waals surface area (Å²) in [5, 5.41) is 12.9. The van der Waals surface area contributed by atoms with Gasteiger partial charge in [0.2, 0.25) is 5.91 Å². The van der Waals surface area contributed by atoms with Crippen LogP contribution in [0, 0.1) is 11.8 Å². The summed E-state index contributed by atoms with van der Waals surface area (Å²) < 4.78 is 2.23. The number of carbonyl (C=O) groups is 2. The van der Waals surface area contributed by atoms with E-state index in [0.717, 1.165) is 81.4 Å². The lowest BCUT2D eigenvalue weighted by molar-refractivity contribution is -0.137. The van der Waals surface area contributed by atoms with Crippen molar-refractivity contribution in [1.82, 2.24) is 24.6 Å². The molecule has 2 aromatic heterocycles. The first-order valence-corrected chi connectivity index (χ1v) is 13.1. The smallest absolute Gasteiger partial charge is 0.254 e. The van der Waals surface area contributed by atoms with Crippen molar-refractivity contribution in [3.8, 4) is 0 Å². The molecule has 2 fully saturated rings. The number of aromatic nitrogens is 3. The molecule has 0 aromatic carbocycles. The fraction of sp³-hybridized carbons (Fsp3) is 0.667. The fourth-order valence-corrected chi connectivity index (χ4v) is 5.82. The Kier molecular flexibility index (Phi) is 6.31. The molecule has 172 valence electrons. The number of amides is 2. The van der Waals surface area contributed by atoms with Crippen LogP contribution in [0.15, 0.2) is 16.8 Å². The Hall–Kier alpha value is -2.22. The number of aryl methyl sites for hydroxylation is 1. The average molecular weight is 456 g/mol. The van der Waals surface area contributed by atoms with Crippen LogP contribution in [-0.4, -0.2) is 62.6 Å². The summed E-state index contributed by atoms with van der Waals surface area (Å²) in [6.07, 6.45) is 7.04. The van der Waals surface area contributed by atoms with Gasteiger partial charge in [0, 0.05) is 50.4 Å². The van der Waals surface area contributed by atoms with Gasteiger partial charge in [0.05, 0.1) is 11.5 Å². The normalized spacial score (nSPS) is 21.4. The lowest BCUT2D eigenvalue weighted by Crippen LogP contribution is -2.42. The van der Waals surface area contributed by atoms with Gasteiger partial charge in [0.25, 0.3) is 5.91 Å². The highest BCUT2D eigenvalue weighted by atomic mass is 32.1. The lowest BCUT2D eigenvalue weighted by atomic mass is 9.93. The quantitative estimate of drug-likeness (QED) is 0.640.